The van der Waals surface area contributed by atoms with Crippen LogP contribution in [0, 0.1) is 0 Å². The van der Waals surface area contributed by atoms with E-state index in [0.717, 1.165) is 0 Å². The summed E-state index contributed by atoms with van der Waals surface area (Å²) in [6, 6.07) is 36.8. The van der Waals surface area contributed by atoms with Gasteiger partial charge in [-0.15, -0.1) is 90.7 Å². The number of rotatable bonds is 8. The smallest absolute Gasteiger partial charge is 0.0904 e. The molecule has 12 heterocycles. The van der Waals surface area contributed by atoms with Crippen LogP contribution in [0.3, 0.4) is 0 Å². The minimum atomic E-state index is -1.52. The molecule has 12 aromatic heterocycles. The minimum absolute atomic E-state index is 1.19. The highest BCUT2D eigenvalue weighted by molar-refractivity contribution is 7.35. The van der Waals surface area contributed by atoms with Gasteiger partial charge in [-0.2, -0.15) is 0 Å². The van der Waals surface area contributed by atoms with Gasteiger partial charge in [0.15, 0.2) is 0 Å². The van der Waals surface area contributed by atoms with E-state index in [0.29, 0.717) is 0 Å². The second kappa shape index (κ2) is 20.4. The summed E-state index contributed by atoms with van der Waals surface area (Å²) in [6.45, 7) is 29.6. The molecule has 0 aromatic carbocycles. The first-order valence-corrected chi connectivity index (χ1v) is 47.5. The molecule has 0 N–H and O–H groups in total. The lowest BCUT2D eigenvalue weighted by Crippen LogP contribution is -2.34. The van der Waals surface area contributed by atoms with Gasteiger partial charge in [-0.05, 0) is 90.8 Å². The van der Waals surface area contributed by atoms with Gasteiger partial charge in [-0.3, -0.25) is 19.9 Å². The highest BCUT2D eigenvalue weighted by atomic mass is 32.1. The molecule has 80 heavy (non-hydrogen) atoms. The Morgan fingerprint density at radius 1 is 0.250 bits per heavy atom. The Morgan fingerprint density at radius 2 is 0.438 bits per heavy atom. The van der Waals surface area contributed by atoms with Crippen LogP contribution < -0.4 is 18.0 Å². The van der Waals surface area contributed by atoms with Crippen LogP contribution in [0.15, 0.2) is 147 Å². The van der Waals surface area contributed by atoms with Crippen LogP contribution >= 0.6 is 90.7 Å². The molecule has 0 radical (unpaired) electrons. The predicted molar refractivity (Wildman–Crippen MR) is 371 cm³/mol. The van der Waals surface area contributed by atoms with Crippen molar-refractivity contribution in [1.82, 2.24) is 19.9 Å². The van der Waals surface area contributed by atoms with Gasteiger partial charge >= 0.3 is 0 Å². The Hall–Kier alpha value is -4.93. The van der Waals surface area contributed by atoms with E-state index in [1.54, 1.807) is 18.0 Å². The molecule has 14 rings (SSSR count). The van der Waals surface area contributed by atoms with Gasteiger partial charge in [0.2, 0.25) is 0 Å². The van der Waals surface area contributed by atoms with Gasteiger partial charge in [0, 0.05) is 136 Å². The van der Waals surface area contributed by atoms with E-state index in [1.165, 1.54) is 125 Å². The number of hydrogen-bond donors (Lipinski definition) is 0. The first-order valence-electron chi connectivity index (χ1n) is 26.9. The molecule has 16 heteroatoms. The highest BCUT2D eigenvalue weighted by Crippen LogP contribution is 2.60. The summed E-state index contributed by atoms with van der Waals surface area (Å²) < 4.78 is 6.25. The molecule has 2 aliphatic carbocycles. The zero-order chi connectivity index (χ0) is 55.6. The molecule has 0 unspecified atom stereocenters. The average Bonchev–Trinajstić information content (AvgIpc) is 4.31. The van der Waals surface area contributed by atoms with Crippen molar-refractivity contribution in [2.75, 3.05) is 0 Å². The lowest BCUT2D eigenvalue weighted by atomic mass is 9.96. The zero-order valence-corrected chi connectivity index (χ0v) is 57.4. The summed E-state index contributed by atoms with van der Waals surface area (Å²) in [7, 11) is -6.08. The van der Waals surface area contributed by atoms with E-state index < -0.39 is 32.3 Å². The maximum absolute atomic E-state index is 4.45. The number of nitrogens with zero attached hydrogens (tertiary/aromatic N) is 4. The fraction of sp³-hybridized carbons (Fsp3) is 0.188. The van der Waals surface area contributed by atoms with Crippen LogP contribution in [0.1, 0.15) is 0 Å². The normalized spacial score (nSPS) is 12.8. The van der Waals surface area contributed by atoms with Crippen molar-refractivity contribution in [1.29, 1.82) is 0 Å². The van der Waals surface area contributed by atoms with Crippen molar-refractivity contribution in [2.45, 2.75) is 78.6 Å². The van der Waals surface area contributed by atoms with Crippen LogP contribution in [0.25, 0.3) is 125 Å². The van der Waals surface area contributed by atoms with E-state index in [9.17, 15) is 0 Å². The van der Waals surface area contributed by atoms with Gasteiger partial charge < -0.3 is 0 Å². The molecular formula is C64H60N4S8Si4. The third-order valence-electron chi connectivity index (χ3n) is 14.6. The Morgan fingerprint density at radius 3 is 0.613 bits per heavy atom. The molecule has 0 bridgehead atoms. The number of thiophene rings is 8. The topological polar surface area (TPSA) is 51.6 Å². The molecule has 12 aromatic rings. The van der Waals surface area contributed by atoms with E-state index in [2.05, 4.69) is 171 Å². The number of aromatic nitrogens is 4. The first kappa shape index (κ1) is 54.3. The fourth-order valence-electron chi connectivity index (χ4n) is 10.2. The molecule has 0 spiro atoms. The minimum Gasteiger partial charge on any atom is -0.264 e. The largest absolute Gasteiger partial charge is 0.264 e. The Kier molecular flexibility index (Phi) is 13.9. The van der Waals surface area contributed by atoms with Crippen molar-refractivity contribution in [3.8, 4) is 125 Å². The van der Waals surface area contributed by atoms with Gasteiger partial charge in [0.1, 0.15) is 0 Å². The molecule has 400 valence electrons. The van der Waals surface area contributed by atoms with E-state index in [-0.39, 0.29) is 0 Å². The van der Waals surface area contributed by atoms with Crippen LogP contribution in [-0.4, -0.2) is 52.2 Å². The molecular weight excluding hydrogens is 1190 g/mol. The summed E-state index contributed by atoms with van der Waals surface area (Å²) in [4.78, 5) is 34.3. The lowest BCUT2D eigenvalue weighted by Gasteiger charge is -2.12. The van der Waals surface area contributed by atoms with Crippen molar-refractivity contribution in [2.24, 2.45) is 0 Å². The van der Waals surface area contributed by atoms with Crippen molar-refractivity contribution in [3.05, 3.63) is 147 Å². The molecule has 0 aliphatic heterocycles. The SMILES string of the molecule is C[Si](C)(C)c1cc2c(s1)-c1sc(-c3cccnc3)cc1-c1cc([Si](C)(C)C)sc1-c1sc(-c3cccnc3)cc1-2.C[Si](C)(C)c1cc2c(s1)-c1sc(-c3cccnc3)cc1-c1cc([Si](C)(C)C)sc1-c1sc(-c3cccnc3)cc1-2. The number of fused-ring (bicyclic) bond motifs is 16. The first-order chi connectivity index (χ1) is 38.2. The predicted octanol–water partition coefficient (Wildman–Crippen LogP) is 20.3. The molecule has 0 atom stereocenters. The summed E-state index contributed by atoms with van der Waals surface area (Å²) >= 11 is 15.9. The quantitative estimate of drug-likeness (QED) is 0.142. The van der Waals surface area contributed by atoms with Crippen molar-refractivity contribution >= 4 is 141 Å². The van der Waals surface area contributed by atoms with Crippen molar-refractivity contribution in [3.63, 3.8) is 0 Å². The van der Waals surface area contributed by atoms with Crippen LogP contribution in [-0.2, 0) is 0 Å². The third kappa shape index (κ3) is 9.97. The van der Waals surface area contributed by atoms with E-state index in [1.807, 2.05) is 165 Å². The summed E-state index contributed by atoms with van der Waals surface area (Å²) in [6.07, 6.45) is 15.4. The highest BCUT2D eigenvalue weighted by Gasteiger charge is 2.36. The molecule has 0 amide bonds. The molecule has 4 nitrogen and oxygen atoms in total. The second-order valence-corrected chi connectivity index (χ2v) is 54.8. The summed E-state index contributed by atoms with van der Waals surface area (Å²) in [5.74, 6) is 0. The zero-order valence-electron chi connectivity index (χ0n) is 46.9. The Labute approximate surface area is 506 Å². The van der Waals surface area contributed by atoms with Crippen molar-refractivity contribution < 1.29 is 0 Å². The average molecular weight is 1250 g/mol. The van der Waals surface area contributed by atoms with Crippen LogP contribution in [0.4, 0.5) is 0 Å². The Balaban J connectivity index is 0.000000151. The second-order valence-electron chi connectivity index (χ2n) is 24.8. The standard InChI is InChI=1S/2C32H30N2S4Si2/c2*1-39(2,3)27-15-23-21-13-25(19-9-7-11-33-17-19)36-30(21)32-24(16-28(38-32)40(4,5)6)22-14-26(20-10-8-12-34-18-20)35-29(22)31(23)37-27/h2*7-18H,1-6H3. The fourth-order valence-corrected chi connectivity index (χ4v) is 27.6. The third-order valence-corrected chi connectivity index (χ3v) is 38.8. The Bertz CT molecular complexity index is 3570. The summed E-state index contributed by atoms with van der Waals surface area (Å²) in [5.41, 5.74) is 15.9. The maximum Gasteiger partial charge on any atom is 0.0904 e. The summed E-state index contributed by atoms with van der Waals surface area (Å²) in [5, 5.41) is 0. The maximum atomic E-state index is 4.45. The van der Waals surface area contributed by atoms with Crippen LogP contribution in [0.5, 0.6) is 0 Å². The van der Waals surface area contributed by atoms with E-state index in [4.69, 9.17) is 0 Å². The number of pyridine rings is 4. The number of hydrogen-bond acceptors (Lipinski definition) is 12. The molecule has 2 aliphatic rings. The van der Waals surface area contributed by atoms with Gasteiger partial charge in [-0.1, -0.05) is 103 Å². The molecule has 0 saturated heterocycles. The van der Waals surface area contributed by atoms with Crippen LogP contribution in [0.2, 0.25) is 78.6 Å². The lowest BCUT2D eigenvalue weighted by molar-refractivity contribution is 1.33. The van der Waals surface area contributed by atoms with Gasteiger partial charge in [0.05, 0.1) is 71.3 Å². The monoisotopic (exact) mass is 1250 g/mol. The van der Waals surface area contributed by atoms with Gasteiger partial charge in [0.25, 0.3) is 0 Å². The van der Waals surface area contributed by atoms with Gasteiger partial charge in [-0.25, -0.2) is 0 Å². The molecule has 0 saturated carbocycles. The van der Waals surface area contributed by atoms with E-state index >= 15 is 0 Å². The molecule has 0 fully saturated rings.